The molecule has 3 rings (SSSR count). The highest BCUT2D eigenvalue weighted by molar-refractivity contribution is 9.10. The lowest BCUT2D eigenvalue weighted by molar-refractivity contribution is -0.120. The van der Waals surface area contributed by atoms with Crippen LogP contribution in [0.1, 0.15) is 37.3 Å². The number of fused-ring (bicyclic) bond motifs is 1. The standard InChI is InChI=1S/C15H13BrN2O/c16-14-9-18(11-2-4-12(19)5-3-11)15-6-1-10(8-17)7-13(14)15/h1,6-7,9,11H,2-5H2. The van der Waals surface area contributed by atoms with Gasteiger partial charge < -0.3 is 4.57 Å². The minimum Gasteiger partial charge on any atom is -0.343 e. The first-order valence-corrected chi connectivity index (χ1v) is 7.20. The number of carbonyl (C=O) groups is 1. The van der Waals surface area contributed by atoms with E-state index in [1.165, 1.54) is 0 Å². The van der Waals surface area contributed by atoms with E-state index in [1.807, 2.05) is 18.2 Å². The SMILES string of the molecule is N#Cc1ccc2c(c1)c(Br)cn2C1CCC(=O)CC1. The van der Waals surface area contributed by atoms with Crippen LogP contribution in [0.25, 0.3) is 10.9 Å². The zero-order valence-electron chi connectivity index (χ0n) is 10.4. The quantitative estimate of drug-likeness (QED) is 0.799. The van der Waals surface area contributed by atoms with Gasteiger partial charge in [0.25, 0.3) is 0 Å². The Hall–Kier alpha value is -1.60. The first-order chi connectivity index (χ1) is 9.19. The van der Waals surface area contributed by atoms with Crippen molar-refractivity contribution >= 4 is 32.6 Å². The fourth-order valence-electron chi connectivity index (χ4n) is 2.79. The number of hydrogen-bond acceptors (Lipinski definition) is 2. The predicted molar refractivity (Wildman–Crippen MR) is 76.9 cm³/mol. The van der Waals surface area contributed by atoms with Gasteiger partial charge in [-0.05, 0) is 47.0 Å². The van der Waals surface area contributed by atoms with E-state index in [2.05, 4.69) is 32.8 Å². The second-order valence-electron chi connectivity index (χ2n) is 5.00. The lowest BCUT2D eigenvalue weighted by Crippen LogP contribution is -2.17. The molecule has 0 atom stereocenters. The number of aromatic nitrogens is 1. The van der Waals surface area contributed by atoms with Crippen LogP contribution in [0.3, 0.4) is 0 Å². The highest BCUT2D eigenvalue weighted by atomic mass is 79.9. The van der Waals surface area contributed by atoms with Crippen LogP contribution in [0.15, 0.2) is 28.9 Å². The summed E-state index contributed by atoms with van der Waals surface area (Å²) in [6.45, 7) is 0. The van der Waals surface area contributed by atoms with Crippen LogP contribution in [0, 0.1) is 11.3 Å². The van der Waals surface area contributed by atoms with Crippen molar-refractivity contribution < 1.29 is 4.79 Å². The van der Waals surface area contributed by atoms with Gasteiger partial charge in [0.15, 0.2) is 0 Å². The summed E-state index contributed by atoms with van der Waals surface area (Å²) in [6, 6.07) is 8.30. The van der Waals surface area contributed by atoms with Crippen molar-refractivity contribution in [3.63, 3.8) is 0 Å². The van der Waals surface area contributed by atoms with Crippen molar-refractivity contribution in [2.45, 2.75) is 31.7 Å². The molecule has 19 heavy (non-hydrogen) atoms. The Morgan fingerprint density at radius 1 is 1.32 bits per heavy atom. The topological polar surface area (TPSA) is 45.8 Å². The first-order valence-electron chi connectivity index (χ1n) is 6.41. The Morgan fingerprint density at radius 3 is 2.74 bits per heavy atom. The summed E-state index contributed by atoms with van der Waals surface area (Å²) in [5.74, 6) is 0.374. The smallest absolute Gasteiger partial charge is 0.133 e. The third-order valence-corrected chi connectivity index (χ3v) is 4.45. The normalized spacial score (nSPS) is 16.7. The number of hydrogen-bond donors (Lipinski definition) is 0. The largest absolute Gasteiger partial charge is 0.343 e. The van der Waals surface area contributed by atoms with E-state index in [1.54, 1.807) is 0 Å². The number of carbonyl (C=O) groups excluding carboxylic acids is 1. The molecule has 0 unspecified atom stereocenters. The molecule has 1 aliphatic carbocycles. The molecular weight excluding hydrogens is 304 g/mol. The molecule has 1 saturated carbocycles. The molecule has 0 amide bonds. The third-order valence-electron chi connectivity index (χ3n) is 3.82. The van der Waals surface area contributed by atoms with E-state index in [9.17, 15) is 4.79 Å². The second kappa shape index (κ2) is 4.82. The number of nitrogens with zero attached hydrogens (tertiary/aromatic N) is 2. The van der Waals surface area contributed by atoms with Gasteiger partial charge in [-0.25, -0.2) is 0 Å². The Kier molecular flexibility index (Phi) is 3.16. The van der Waals surface area contributed by atoms with Crippen LogP contribution in [0.2, 0.25) is 0 Å². The van der Waals surface area contributed by atoms with Gasteiger partial charge in [0.1, 0.15) is 5.78 Å². The Labute approximate surface area is 120 Å². The van der Waals surface area contributed by atoms with Gasteiger partial charge in [-0.1, -0.05) is 0 Å². The number of Topliss-reactive ketones (excluding diaryl/α,β-unsaturated/α-hetero) is 1. The van der Waals surface area contributed by atoms with E-state index in [0.29, 0.717) is 30.2 Å². The van der Waals surface area contributed by atoms with Crippen molar-refractivity contribution in [1.82, 2.24) is 4.57 Å². The molecule has 0 spiro atoms. The molecule has 3 nitrogen and oxygen atoms in total. The summed E-state index contributed by atoms with van der Waals surface area (Å²) in [4.78, 5) is 11.3. The van der Waals surface area contributed by atoms with Gasteiger partial charge in [-0.3, -0.25) is 4.79 Å². The molecule has 1 heterocycles. The molecule has 0 aliphatic heterocycles. The van der Waals surface area contributed by atoms with E-state index >= 15 is 0 Å². The monoisotopic (exact) mass is 316 g/mol. The molecule has 1 aromatic heterocycles. The minimum absolute atomic E-state index is 0.374. The van der Waals surface area contributed by atoms with Gasteiger partial charge in [-0.15, -0.1) is 0 Å². The average molecular weight is 317 g/mol. The van der Waals surface area contributed by atoms with Crippen molar-refractivity contribution in [3.8, 4) is 6.07 Å². The Balaban J connectivity index is 2.05. The lowest BCUT2D eigenvalue weighted by atomic mass is 9.94. The highest BCUT2D eigenvalue weighted by Gasteiger charge is 2.22. The summed E-state index contributed by atoms with van der Waals surface area (Å²) >= 11 is 3.56. The van der Waals surface area contributed by atoms with E-state index in [-0.39, 0.29) is 0 Å². The second-order valence-corrected chi connectivity index (χ2v) is 5.85. The van der Waals surface area contributed by atoms with E-state index in [4.69, 9.17) is 5.26 Å². The fraction of sp³-hybridized carbons (Fsp3) is 0.333. The Bertz CT molecular complexity index is 686. The maximum Gasteiger partial charge on any atom is 0.133 e. The molecule has 4 heteroatoms. The minimum atomic E-state index is 0.374. The zero-order chi connectivity index (χ0) is 13.4. The Morgan fingerprint density at radius 2 is 2.05 bits per heavy atom. The summed E-state index contributed by atoms with van der Waals surface area (Å²) in [5, 5.41) is 10.0. The van der Waals surface area contributed by atoms with Gasteiger partial charge >= 0.3 is 0 Å². The molecule has 96 valence electrons. The summed E-state index contributed by atoms with van der Waals surface area (Å²) in [7, 11) is 0. The summed E-state index contributed by atoms with van der Waals surface area (Å²) in [5.41, 5.74) is 1.80. The number of rotatable bonds is 1. The zero-order valence-corrected chi connectivity index (χ0v) is 12.0. The first kappa shape index (κ1) is 12.4. The number of benzene rings is 1. The van der Waals surface area contributed by atoms with Crippen LogP contribution in [0.5, 0.6) is 0 Å². The van der Waals surface area contributed by atoms with Gasteiger partial charge in [0.2, 0.25) is 0 Å². The van der Waals surface area contributed by atoms with Crippen LogP contribution in [0.4, 0.5) is 0 Å². The van der Waals surface area contributed by atoms with Crippen molar-refractivity contribution in [1.29, 1.82) is 5.26 Å². The van der Waals surface area contributed by atoms with Crippen molar-refractivity contribution in [2.75, 3.05) is 0 Å². The molecule has 2 aromatic rings. The van der Waals surface area contributed by atoms with Gasteiger partial charge in [0.05, 0.1) is 11.6 Å². The molecule has 1 aromatic carbocycles. The van der Waals surface area contributed by atoms with Crippen LogP contribution in [-0.2, 0) is 4.79 Å². The predicted octanol–water partition coefficient (Wildman–Crippen LogP) is 3.96. The van der Waals surface area contributed by atoms with Crippen molar-refractivity contribution in [3.05, 3.63) is 34.4 Å². The van der Waals surface area contributed by atoms with Crippen LogP contribution >= 0.6 is 15.9 Å². The fourth-order valence-corrected chi connectivity index (χ4v) is 3.33. The molecule has 0 bridgehead atoms. The van der Waals surface area contributed by atoms with Crippen LogP contribution < -0.4 is 0 Å². The van der Waals surface area contributed by atoms with Crippen LogP contribution in [-0.4, -0.2) is 10.4 Å². The van der Waals surface area contributed by atoms with Gasteiger partial charge in [0, 0.05) is 40.5 Å². The highest BCUT2D eigenvalue weighted by Crippen LogP contribution is 2.34. The third kappa shape index (κ3) is 2.19. The number of ketones is 1. The molecule has 0 saturated heterocycles. The molecule has 0 radical (unpaired) electrons. The number of nitriles is 1. The molecular formula is C15H13BrN2O. The molecule has 0 N–H and O–H groups in total. The summed E-state index contributed by atoms with van der Waals surface area (Å²) < 4.78 is 3.25. The van der Waals surface area contributed by atoms with E-state index in [0.717, 1.165) is 28.2 Å². The lowest BCUT2D eigenvalue weighted by Gasteiger charge is -2.23. The molecule has 1 aliphatic rings. The maximum atomic E-state index is 11.3. The van der Waals surface area contributed by atoms with Gasteiger partial charge in [-0.2, -0.15) is 5.26 Å². The van der Waals surface area contributed by atoms with E-state index < -0.39 is 0 Å². The number of halogens is 1. The maximum absolute atomic E-state index is 11.3. The summed E-state index contributed by atoms with van der Waals surface area (Å²) in [6.07, 6.45) is 5.26. The average Bonchev–Trinajstić information content (AvgIpc) is 2.76. The van der Waals surface area contributed by atoms with Crippen molar-refractivity contribution in [2.24, 2.45) is 0 Å². The molecule has 1 fully saturated rings.